The minimum atomic E-state index is -1.22. The van der Waals surface area contributed by atoms with Gasteiger partial charge in [-0.3, -0.25) is 9.59 Å². The van der Waals surface area contributed by atoms with E-state index in [2.05, 4.69) is 22.8 Å². The van der Waals surface area contributed by atoms with Crippen molar-refractivity contribution in [2.24, 2.45) is 5.92 Å². The maximum atomic E-state index is 14.3. The Morgan fingerprint density at radius 3 is 2.56 bits per heavy atom. The van der Waals surface area contributed by atoms with E-state index in [1.165, 1.54) is 10.5 Å². The van der Waals surface area contributed by atoms with Gasteiger partial charge in [0.2, 0.25) is 11.8 Å². The van der Waals surface area contributed by atoms with Crippen molar-refractivity contribution < 1.29 is 38.2 Å². The van der Waals surface area contributed by atoms with Crippen molar-refractivity contribution in [1.29, 1.82) is 0 Å². The van der Waals surface area contributed by atoms with Crippen LogP contribution < -0.4 is 10.6 Å². The molecule has 5 rings (SSSR count). The summed E-state index contributed by atoms with van der Waals surface area (Å²) in [6, 6.07) is 5.97. The Labute approximate surface area is 282 Å². The number of carbonyl (C=O) groups excluding carboxylic acids is 5. The van der Waals surface area contributed by atoms with Crippen molar-refractivity contribution in [3.05, 3.63) is 47.5 Å². The third-order valence-electron chi connectivity index (χ3n) is 9.48. The van der Waals surface area contributed by atoms with E-state index < -0.39 is 59.3 Å². The molecule has 262 valence electrons. The van der Waals surface area contributed by atoms with Gasteiger partial charge in [-0.2, -0.15) is 0 Å². The monoisotopic (exact) mass is 666 g/mol. The van der Waals surface area contributed by atoms with Gasteiger partial charge in [-0.05, 0) is 70.9 Å². The molecule has 2 fully saturated rings. The van der Waals surface area contributed by atoms with Crippen LogP contribution in [0.25, 0.3) is 0 Å². The normalized spacial score (nSPS) is 28.6. The van der Waals surface area contributed by atoms with E-state index in [1.54, 1.807) is 32.6 Å². The van der Waals surface area contributed by atoms with E-state index in [4.69, 9.17) is 14.2 Å². The van der Waals surface area contributed by atoms with Gasteiger partial charge in [0.25, 0.3) is 0 Å². The Hall–Kier alpha value is -4.09. The minimum Gasteiger partial charge on any atom is -0.464 e. The van der Waals surface area contributed by atoms with Crippen molar-refractivity contribution in [1.82, 2.24) is 20.4 Å². The van der Waals surface area contributed by atoms with Gasteiger partial charge in [-0.25, -0.2) is 14.4 Å². The molecule has 0 bridgehead atoms. The van der Waals surface area contributed by atoms with Crippen LogP contribution in [0.3, 0.4) is 0 Å². The number of carbonyl (C=O) groups is 5. The fourth-order valence-electron chi connectivity index (χ4n) is 6.89. The number of nitrogens with zero attached hydrogens (tertiary/aromatic N) is 2. The smallest absolute Gasteiger partial charge is 0.410 e. The van der Waals surface area contributed by atoms with E-state index >= 15 is 0 Å². The zero-order chi connectivity index (χ0) is 34.5. The first-order valence-electron chi connectivity index (χ1n) is 17.4. The van der Waals surface area contributed by atoms with Crippen LogP contribution >= 0.6 is 0 Å². The number of rotatable bonds is 4. The minimum absolute atomic E-state index is 0.0324. The number of alkyl carbamates (subject to hydrolysis) is 1. The zero-order valence-corrected chi connectivity index (χ0v) is 28.6. The molecule has 0 unspecified atom stereocenters. The van der Waals surface area contributed by atoms with E-state index in [1.807, 2.05) is 24.3 Å². The van der Waals surface area contributed by atoms with Crippen LogP contribution in [0.5, 0.6) is 0 Å². The first kappa shape index (κ1) is 35.2. The highest BCUT2D eigenvalue weighted by atomic mass is 16.6. The molecule has 5 atom stereocenters. The predicted molar refractivity (Wildman–Crippen MR) is 177 cm³/mol. The number of nitrogens with one attached hydrogen (secondary N) is 2. The molecule has 1 aliphatic carbocycles. The maximum absolute atomic E-state index is 14.3. The van der Waals surface area contributed by atoms with Gasteiger partial charge < -0.3 is 34.6 Å². The highest BCUT2D eigenvalue weighted by Crippen LogP contribution is 2.46. The second-order valence-corrected chi connectivity index (χ2v) is 14.3. The number of ether oxygens (including phenoxy) is 3. The lowest BCUT2D eigenvalue weighted by atomic mass is 10.0. The van der Waals surface area contributed by atoms with Gasteiger partial charge in [0.05, 0.1) is 13.2 Å². The number of fused-ring (bicyclic) bond motifs is 3. The molecule has 48 heavy (non-hydrogen) atoms. The summed E-state index contributed by atoms with van der Waals surface area (Å²) in [5.74, 6) is -1.73. The molecular weight excluding hydrogens is 616 g/mol. The lowest BCUT2D eigenvalue weighted by Gasteiger charge is -2.30. The molecule has 1 aromatic carbocycles. The van der Waals surface area contributed by atoms with E-state index in [9.17, 15) is 24.0 Å². The third-order valence-corrected chi connectivity index (χ3v) is 9.48. The maximum Gasteiger partial charge on any atom is 0.410 e. The second-order valence-electron chi connectivity index (χ2n) is 14.3. The Balaban J connectivity index is 1.38. The van der Waals surface area contributed by atoms with Gasteiger partial charge in [0.15, 0.2) is 0 Å². The quantitative estimate of drug-likeness (QED) is 0.274. The standard InChI is InChI=1S/C36H50N4O8/c1-5-46-32(43)36-21-26(36)16-10-8-6-7-9-11-17-28(37-33(44)48-35(2,3)4)31(42)40-23-27(20-29(40)30(41)38-36)47-34(45)39-19-18-24-14-12-13-15-25(24)22-39/h10,12-16,26-29H,5-9,11,17-23H2,1-4H3,(H,37,44)(H,38,41)/b16-10-/t26-,27-,28+,29+,36-/m1/s1. The molecule has 1 saturated heterocycles. The Morgan fingerprint density at radius 2 is 1.81 bits per heavy atom. The van der Waals surface area contributed by atoms with Gasteiger partial charge in [-0.1, -0.05) is 55.7 Å². The molecule has 3 aliphatic heterocycles. The van der Waals surface area contributed by atoms with Crippen molar-refractivity contribution in [3.63, 3.8) is 0 Å². The predicted octanol–water partition coefficient (Wildman–Crippen LogP) is 4.39. The van der Waals surface area contributed by atoms with Crippen LogP contribution in [0.1, 0.15) is 90.2 Å². The number of benzene rings is 1. The Morgan fingerprint density at radius 1 is 1.06 bits per heavy atom. The van der Waals surface area contributed by atoms with Gasteiger partial charge in [0.1, 0.15) is 29.3 Å². The summed E-state index contributed by atoms with van der Waals surface area (Å²) in [7, 11) is 0. The Bertz CT molecular complexity index is 1410. The summed E-state index contributed by atoms with van der Waals surface area (Å²) in [5.41, 5.74) is 0.252. The van der Waals surface area contributed by atoms with Crippen LogP contribution in [0.2, 0.25) is 0 Å². The summed E-state index contributed by atoms with van der Waals surface area (Å²) >= 11 is 0. The molecule has 0 spiro atoms. The molecule has 1 aromatic rings. The largest absolute Gasteiger partial charge is 0.464 e. The molecule has 12 nitrogen and oxygen atoms in total. The van der Waals surface area contributed by atoms with E-state index in [0.29, 0.717) is 38.8 Å². The molecule has 3 heterocycles. The third kappa shape index (κ3) is 8.49. The van der Waals surface area contributed by atoms with E-state index in [0.717, 1.165) is 31.2 Å². The molecule has 12 heteroatoms. The lowest BCUT2D eigenvalue weighted by Crippen LogP contribution is -2.56. The van der Waals surface area contributed by atoms with Crippen LogP contribution in [0.15, 0.2) is 36.4 Å². The van der Waals surface area contributed by atoms with Gasteiger partial charge in [-0.15, -0.1) is 0 Å². The molecule has 2 N–H and O–H groups in total. The first-order chi connectivity index (χ1) is 22.9. The summed E-state index contributed by atoms with van der Waals surface area (Å²) in [6.45, 7) is 7.98. The van der Waals surface area contributed by atoms with Crippen molar-refractivity contribution in [2.75, 3.05) is 19.7 Å². The van der Waals surface area contributed by atoms with Crippen LogP contribution in [-0.4, -0.2) is 88.8 Å². The van der Waals surface area contributed by atoms with Crippen LogP contribution in [0.4, 0.5) is 9.59 Å². The number of amides is 4. The molecule has 4 aliphatic rings. The summed E-state index contributed by atoms with van der Waals surface area (Å²) in [5, 5.41) is 5.69. The van der Waals surface area contributed by atoms with Crippen molar-refractivity contribution in [2.45, 2.75) is 121 Å². The lowest BCUT2D eigenvalue weighted by molar-refractivity contribution is -0.150. The highest BCUT2D eigenvalue weighted by molar-refractivity contribution is 5.96. The number of allylic oxidation sites excluding steroid dienone is 1. The molecule has 0 radical (unpaired) electrons. The number of hydrogen-bond donors (Lipinski definition) is 2. The fourth-order valence-corrected chi connectivity index (χ4v) is 6.89. The average Bonchev–Trinajstić information content (AvgIpc) is 3.57. The van der Waals surface area contributed by atoms with Gasteiger partial charge >= 0.3 is 18.2 Å². The van der Waals surface area contributed by atoms with Crippen LogP contribution in [0, 0.1) is 5.92 Å². The van der Waals surface area contributed by atoms with Crippen molar-refractivity contribution in [3.8, 4) is 0 Å². The second kappa shape index (κ2) is 15.0. The average molecular weight is 667 g/mol. The molecule has 1 saturated carbocycles. The van der Waals surface area contributed by atoms with Crippen LogP contribution in [-0.2, 0) is 41.6 Å². The van der Waals surface area contributed by atoms with Crippen molar-refractivity contribution >= 4 is 30.0 Å². The molecule has 4 amide bonds. The summed E-state index contributed by atoms with van der Waals surface area (Å²) in [4.78, 5) is 70.8. The number of esters is 1. The summed E-state index contributed by atoms with van der Waals surface area (Å²) in [6.07, 6.45) is 7.75. The first-order valence-corrected chi connectivity index (χ1v) is 17.4. The Kier molecular flexibility index (Phi) is 11.0. The SMILES string of the molecule is CCOC(=O)[C@@]12C[C@H]1/C=C\CCCCCC[C@H](NC(=O)OC(C)(C)C)C(=O)N1C[C@H](OC(=O)N3CCc4ccccc4C3)C[C@H]1C(=O)N2. The molecular formula is C36H50N4O8. The number of hydrogen-bond acceptors (Lipinski definition) is 8. The zero-order valence-electron chi connectivity index (χ0n) is 28.6. The fraction of sp³-hybridized carbons (Fsp3) is 0.639. The molecule has 0 aromatic heterocycles. The van der Waals surface area contributed by atoms with E-state index in [-0.39, 0.29) is 25.5 Å². The van der Waals surface area contributed by atoms with Gasteiger partial charge in [0, 0.05) is 25.4 Å². The summed E-state index contributed by atoms with van der Waals surface area (Å²) < 4.78 is 16.8. The highest BCUT2D eigenvalue weighted by Gasteiger charge is 2.62. The topological polar surface area (TPSA) is 144 Å².